The Labute approximate surface area is 111 Å². The topological polar surface area (TPSA) is 88.2 Å². The second kappa shape index (κ2) is 5.67. The van der Waals surface area contributed by atoms with Gasteiger partial charge in [-0.05, 0) is 44.5 Å². The highest BCUT2D eigenvalue weighted by Gasteiger charge is 2.30. The third-order valence-corrected chi connectivity index (χ3v) is 3.27. The van der Waals surface area contributed by atoms with E-state index in [-0.39, 0.29) is 17.4 Å². The molecule has 2 rings (SSSR count). The predicted molar refractivity (Wildman–Crippen MR) is 68.9 cm³/mol. The summed E-state index contributed by atoms with van der Waals surface area (Å²) in [6.45, 7) is 0.966. The quantitative estimate of drug-likeness (QED) is 0.645. The third kappa shape index (κ3) is 3.01. The number of nitro benzene ring substituents is 1. The van der Waals surface area contributed by atoms with Crippen LogP contribution in [0.1, 0.15) is 18.4 Å². The lowest BCUT2D eigenvalue weighted by Gasteiger charge is -2.35. The van der Waals surface area contributed by atoms with Crippen LogP contribution in [0.15, 0.2) is 18.2 Å². The van der Waals surface area contributed by atoms with Gasteiger partial charge in [-0.2, -0.15) is 5.26 Å². The summed E-state index contributed by atoms with van der Waals surface area (Å²) >= 11 is 0. The second-order valence-corrected chi connectivity index (χ2v) is 4.68. The molecule has 0 amide bonds. The number of nitrogens with zero attached hydrogens (tertiary/aromatic N) is 2. The minimum absolute atomic E-state index is 0.0546. The lowest BCUT2D eigenvalue weighted by Crippen LogP contribution is -2.38. The highest BCUT2D eigenvalue weighted by molar-refractivity contribution is 5.52. The van der Waals surface area contributed by atoms with Gasteiger partial charge >= 0.3 is 0 Å². The first-order chi connectivity index (χ1) is 9.13. The van der Waals surface area contributed by atoms with Gasteiger partial charge in [0, 0.05) is 0 Å². The van der Waals surface area contributed by atoms with Gasteiger partial charge in [0.15, 0.2) is 0 Å². The van der Waals surface area contributed by atoms with Gasteiger partial charge in [-0.3, -0.25) is 10.1 Å². The van der Waals surface area contributed by atoms with Gasteiger partial charge in [0.05, 0.1) is 17.1 Å². The summed E-state index contributed by atoms with van der Waals surface area (Å²) in [7, 11) is 1.91. The highest BCUT2D eigenvalue weighted by atomic mass is 16.6. The summed E-state index contributed by atoms with van der Waals surface area (Å²) in [6, 6.07) is 6.16. The summed E-state index contributed by atoms with van der Waals surface area (Å²) in [5.74, 6) is 1.07. The van der Waals surface area contributed by atoms with Crippen LogP contribution in [0.5, 0.6) is 5.75 Å². The zero-order valence-corrected chi connectivity index (χ0v) is 10.6. The molecule has 0 bridgehead atoms. The summed E-state index contributed by atoms with van der Waals surface area (Å²) in [5, 5.41) is 22.7. The Balaban J connectivity index is 2.01. The Bertz CT molecular complexity index is 518. The molecule has 0 radical (unpaired) electrons. The molecule has 1 aromatic rings. The Morgan fingerprint density at radius 1 is 1.58 bits per heavy atom. The zero-order chi connectivity index (χ0) is 13.8. The summed E-state index contributed by atoms with van der Waals surface area (Å²) in [4.78, 5) is 10.3. The molecule has 100 valence electrons. The van der Waals surface area contributed by atoms with E-state index < -0.39 is 4.92 Å². The van der Waals surface area contributed by atoms with Gasteiger partial charge in [0.25, 0.3) is 5.69 Å². The number of hydrogen-bond acceptors (Lipinski definition) is 5. The Morgan fingerprint density at radius 3 is 2.89 bits per heavy atom. The summed E-state index contributed by atoms with van der Waals surface area (Å²) in [6.07, 6.45) is 2.02. The van der Waals surface area contributed by atoms with Crippen LogP contribution in [0.4, 0.5) is 5.69 Å². The fourth-order valence-electron chi connectivity index (χ4n) is 2.25. The van der Waals surface area contributed by atoms with E-state index in [4.69, 9.17) is 10.00 Å². The van der Waals surface area contributed by atoms with E-state index in [0.717, 1.165) is 19.4 Å². The Morgan fingerprint density at radius 2 is 2.32 bits per heavy atom. The molecular weight excluding hydrogens is 246 g/mol. The molecule has 0 unspecified atom stereocenters. The molecule has 0 saturated heterocycles. The van der Waals surface area contributed by atoms with Crippen molar-refractivity contribution in [1.82, 2.24) is 5.32 Å². The molecule has 1 aliphatic rings. The Hall–Kier alpha value is -2.13. The summed E-state index contributed by atoms with van der Waals surface area (Å²) < 4.78 is 5.68. The van der Waals surface area contributed by atoms with Crippen molar-refractivity contribution in [2.45, 2.75) is 18.9 Å². The van der Waals surface area contributed by atoms with E-state index >= 15 is 0 Å². The van der Waals surface area contributed by atoms with Gasteiger partial charge in [0.2, 0.25) is 0 Å². The molecule has 1 aromatic carbocycles. The molecule has 0 atom stereocenters. The molecule has 1 fully saturated rings. The van der Waals surface area contributed by atoms with E-state index in [1.165, 1.54) is 12.1 Å². The molecule has 0 spiro atoms. The average molecular weight is 261 g/mol. The van der Waals surface area contributed by atoms with E-state index in [2.05, 4.69) is 5.32 Å². The van der Waals surface area contributed by atoms with Crippen LogP contribution in [0.3, 0.4) is 0 Å². The van der Waals surface area contributed by atoms with E-state index in [1.54, 1.807) is 12.1 Å². The first-order valence-corrected chi connectivity index (χ1v) is 6.14. The van der Waals surface area contributed by atoms with E-state index in [9.17, 15) is 10.1 Å². The lowest BCUT2D eigenvalue weighted by molar-refractivity contribution is -0.385. The second-order valence-electron chi connectivity index (χ2n) is 4.68. The predicted octanol–water partition coefficient (Wildman–Crippen LogP) is 1.84. The molecule has 6 heteroatoms. The van der Waals surface area contributed by atoms with Crippen molar-refractivity contribution in [1.29, 1.82) is 5.26 Å². The molecule has 1 N–H and O–H groups in total. The minimum Gasteiger partial charge on any atom is -0.490 e. The van der Waals surface area contributed by atoms with Crippen molar-refractivity contribution in [3.8, 4) is 11.8 Å². The monoisotopic (exact) mass is 261 g/mol. The number of benzene rings is 1. The molecule has 6 nitrogen and oxygen atoms in total. The van der Waals surface area contributed by atoms with Crippen molar-refractivity contribution in [2.24, 2.45) is 5.92 Å². The van der Waals surface area contributed by atoms with Crippen LogP contribution in [-0.4, -0.2) is 24.6 Å². The maximum atomic E-state index is 10.8. The summed E-state index contributed by atoms with van der Waals surface area (Å²) in [5.41, 5.74) is -0.148. The van der Waals surface area contributed by atoms with Crippen molar-refractivity contribution in [3.05, 3.63) is 33.9 Å². The number of hydrogen-bond donors (Lipinski definition) is 1. The maximum absolute atomic E-state index is 10.8. The van der Waals surface area contributed by atoms with Gasteiger partial charge < -0.3 is 10.1 Å². The highest BCUT2D eigenvalue weighted by Crippen LogP contribution is 2.32. The zero-order valence-electron chi connectivity index (χ0n) is 10.6. The number of nitrogens with one attached hydrogen (secondary N) is 1. The number of ether oxygens (including phenoxy) is 1. The molecule has 0 aromatic heterocycles. The molecule has 0 aliphatic heterocycles. The molecule has 1 aliphatic carbocycles. The fraction of sp³-hybridized carbons (Fsp3) is 0.462. The standard InChI is InChI=1S/C13H15N3O3/c1-15-8-9-4-12(5-9)19-11-3-2-10(7-14)13(6-11)16(17)18/h2-3,6,9,12,15H,4-5,8H2,1H3. The fourth-order valence-corrected chi connectivity index (χ4v) is 2.25. The molecule has 1 saturated carbocycles. The number of nitriles is 1. The van der Waals surface area contributed by atoms with E-state index in [0.29, 0.717) is 11.7 Å². The third-order valence-electron chi connectivity index (χ3n) is 3.27. The van der Waals surface area contributed by atoms with Crippen molar-refractivity contribution in [2.75, 3.05) is 13.6 Å². The lowest BCUT2D eigenvalue weighted by atomic mass is 9.82. The van der Waals surface area contributed by atoms with Crippen LogP contribution in [-0.2, 0) is 0 Å². The van der Waals surface area contributed by atoms with E-state index in [1.807, 2.05) is 7.05 Å². The number of nitro groups is 1. The van der Waals surface area contributed by atoms with Crippen molar-refractivity contribution in [3.63, 3.8) is 0 Å². The van der Waals surface area contributed by atoms with Crippen LogP contribution in [0.2, 0.25) is 0 Å². The van der Waals surface area contributed by atoms with Crippen LogP contribution in [0.25, 0.3) is 0 Å². The molecule has 19 heavy (non-hydrogen) atoms. The largest absolute Gasteiger partial charge is 0.490 e. The van der Waals surface area contributed by atoms with Gasteiger partial charge in [-0.1, -0.05) is 0 Å². The maximum Gasteiger partial charge on any atom is 0.290 e. The van der Waals surface area contributed by atoms with Gasteiger partial charge in [0.1, 0.15) is 17.4 Å². The number of rotatable bonds is 5. The normalized spacial score (nSPS) is 21.3. The van der Waals surface area contributed by atoms with Crippen LogP contribution >= 0.6 is 0 Å². The molecule has 0 heterocycles. The minimum atomic E-state index is -0.560. The van der Waals surface area contributed by atoms with Crippen LogP contribution in [0, 0.1) is 27.4 Å². The first-order valence-electron chi connectivity index (χ1n) is 6.14. The van der Waals surface area contributed by atoms with Crippen LogP contribution < -0.4 is 10.1 Å². The van der Waals surface area contributed by atoms with Gasteiger partial charge in [-0.25, -0.2) is 0 Å². The van der Waals surface area contributed by atoms with Crippen molar-refractivity contribution >= 4 is 5.69 Å². The molecular formula is C13H15N3O3. The average Bonchev–Trinajstić information content (AvgIpc) is 2.36. The smallest absolute Gasteiger partial charge is 0.290 e. The Kier molecular flexibility index (Phi) is 3.97. The SMILES string of the molecule is CNCC1CC(Oc2ccc(C#N)c([N+](=O)[O-])c2)C1. The van der Waals surface area contributed by atoms with Gasteiger partial charge in [-0.15, -0.1) is 0 Å². The first kappa shape index (κ1) is 13.3. The van der Waals surface area contributed by atoms with Crippen molar-refractivity contribution < 1.29 is 9.66 Å².